The second kappa shape index (κ2) is 13.3. The Kier molecular flexibility index (Phi) is 8.30. The summed E-state index contributed by atoms with van der Waals surface area (Å²) < 4.78 is 152. The summed E-state index contributed by atoms with van der Waals surface area (Å²) in [5, 5.41) is 0.981. The predicted molar refractivity (Wildman–Crippen MR) is 196 cm³/mol. The third-order valence-electron chi connectivity index (χ3n) is 8.70. The Morgan fingerprint density at radius 2 is 0.776 bits per heavy atom. The normalized spacial score (nSPS) is 12.0. The van der Waals surface area contributed by atoms with Gasteiger partial charge >= 0.3 is 0 Å². The number of benzene rings is 4. The first kappa shape index (κ1) is 36.3. The van der Waals surface area contributed by atoms with Crippen LogP contribution in [-0.4, -0.2) is 24.9 Å². The molecule has 0 N–H and O–H groups in total. The summed E-state index contributed by atoms with van der Waals surface area (Å²) in [5.41, 5.74) is -0.401. The van der Waals surface area contributed by atoms with Crippen molar-refractivity contribution in [3.8, 4) is 62.3 Å². The summed E-state index contributed by atoms with van der Waals surface area (Å²) in [7, 11) is 0. The Labute approximate surface area is 330 Å². The fourth-order valence-corrected chi connectivity index (χ4v) is 9.75. The van der Waals surface area contributed by atoms with Crippen molar-refractivity contribution in [1.29, 1.82) is 0 Å². The van der Waals surface area contributed by atoms with Crippen molar-refractivity contribution >= 4 is 78.3 Å². The SMILES string of the molecule is Fc1c(F)c(F)c(-c2ncc(-c3ccc(-c4nc5cc6cc7oc(-c8cnc(-c9cnc(-c%10c(F)c(F)c(F)c(F)c%10F)s9)s8)nc7cc6cc5o4)s3)s2)c(F)c1F. The van der Waals surface area contributed by atoms with E-state index in [0.717, 1.165) is 33.4 Å². The smallest absolute Gasteiger partial charge is 0.239 e. The first-order valence-electron chi connectivity index (χ1n) is 16.0. The zero-order valence-corrected chi connectivity index (χ0v) is 30.9. The predicted octanol–water partition coefficient (Wildman–Crippen LogP) is 12.9. The summed E-state index contributed by atoms with van der Waals surface area (Å²) in [4.78, 5) is 23.6. The van der Waals surface area contributed by atoms with Gasteiger partial charge in [-0.25, -0.2) is 68.8 Å². The van der Waals surface area contributed by atoms with Crippen LogP contribution in [0.15, 0.2) is 63.8 Å². The van der Waals surface area contributed by atoms with Gasteiger partial charge in [-0.3, -0.25) is 0 Å². The second-order valence-corrected chi connectivity index (χ2v) is 16.3. The van der Waals surface area contributed by atoms with E-state index in [4.69, 9.17) is 8.83 Å². The molecule has 0 unspecified atom stereocenters. The largest absolute Gasteiger partial charge is 0.435 e. The van der Waals surface area contributed by atoms with Gasteiger partial charge < -0.3 is 8.83 Å². The van der Waals surface area contributed by atoms with Gasteiger partial charge in [-0.1, -0.05) is 0 Å². The van der Waals surface area contributed by atoms with Gasteiger partial charge in [-0.15, -0.1) is 45.3 Å². The standard InChI is InChI=1S/C37H9F10N5O2S4/c38-23-21(24(39)28(43)31(46)27(23)42)36-49-7-18(56-36)16-1-2-17(55-16)33-51-12-3-10-6-15-13(4-11(10)5-14(12)53-33)52-34(54-15)19-8-48-35(57-19)20-9-50-37(58-20)22-25(40)29(44)32(47)30(45)26(22)41/h1-9H. The van der Waals surface area contributed by atoms with Crippen LogP contribution < -0.4 is 0 Å². The maximum absolute atomic E-state index is 14.4. The molecule has 6 aromatic heterocycles. The Bertz CT molecular complexity index is 3000. The van der Waals surface area contributed by atoms with Crippen LogP contribution in [-0.2, 0) is 0 Å². The molecule has 0 aliphatic carbocycles. The molecule has 0 spiro atoms. The van der Waals surface area contributed by atoms with Gasteiger partial charge in [0, 0.05) is 17.3 Å². The van der Waals surface area contributed by atoms with Crippen molar-refractivity contribution in [3.05, 3.63) is 113 Å². The van der Waals surface area contributed by atoms with Crippen LogP contribution >= 0.6 is 45.3 Å². The van der Waals surface area contributed by atoms with Gasteiger partial charge in [-0.05, 0) is 47.2 Å². The Hall–Kier alpha value is -6.03. The van der Waals surface area contributed by atoms with Crippen molar-refractivity contribution in [2.75, 3.05) is 0 Å². The Balaban J connectivity index is 0.913. The van der Waals surface area contributed by atoms with Gasteiger partial charge in [0.05, 0.1) is 32.0 Å². The van der Waals surface area contributed by atoms with Gasteiger partial charge in [0.2, 0.25) is 23.4 Å². The molecule has 21 heteroatoms. The molecule has 58 heavy (non-hydrogen) atoms. The van der Waals surface area contributed by atoms with Crippen LogP contribution in [0, 0.1) is 58.2 Å². The fraction of sp³-hybridized carbons (Fsp3) is 0. The van der Waals surface area contributed by atoms with Gasteiger partial charge in [-0.2, -0.15) is 0 Å². The van der Waals surface area contributed by atoms with Crippen LogP contribution in [0.2, 0.25) is 0 Å². The molecule has 7 nitrogen and oxygen atoms in total. The molecule has 10 rings (SSSR count). The minimum absolute atomic E-state index is 0.205. The number of oxazole rings is 2. The number of hydrogen-bond donors (Lipinski definition) is 0. The van der Waals surface area contributed by atoms with E-state index in [9.17, 15) is 43.9 Å². The first-order valence-corrected chi connectivity index (χ1v) is 19.3. The molecule has 4 aromatic carbocycles. The van der Waals surface area contributed by atoms with E-state index in [1.54, 1.807) is 36.4 Å². The number of hydrogen-bond acceptors (Lipinski definition) is 11. The van der Waals surface area contributed by atoms with E-state index in [1.165, 1.54) is 29.9 Å². The number of halogens is 10. The monoisotopic (exact) mass is 873 g/mol. The zero-order valence-electron chi connectivity index (χ0n) is 27.7. The number of thiazole rings is 3. The summed E-state index contributed by atoms with van der Waals surface area (Å²) in [6.45, 7) is 0. The molecule has 0 atom stereocenters. The van der Waals surface area contributed by atoms with E-state index >= 15 is 0 Å². The van der Waals surface area contributed by atoms with Crippen LogP contribution in [0.1, 0.15) is 0 Å². The molecule has 0 fully saturated rings. The quantitative estimate of drug-likeness (QED) is 0.0933. The second-order valence-electron chi connectivity index (χ2n) is 12.2. The lowest BCUT2D eigenvalue weighted by atomic mass is 10.1. The highest BCUT2D eigenvalue weighted by Gasteiger charge is 2.30. The number of nitrogens with zero attached hydrogens (tertiary/aromatic N) is 5. The Morgan fingerprint density at radius 3 is 1.31 bits per heavy atom. The summed E-state index contributed by atoms with van der Waals surface area (Å²) in [6.07, 6.45) is 3.93. The van der Waals surface area contributed by atoms with Crippen molar-refractivity contribution in [1.82, 2.24) is 24.9 Å². The average molecular weight is 874 g/mol. The molecule has 288 valence electrons. The van der Waals surface area contributed by atoms with E-state index in [1.807, 2.05) is 0 Å². The molecule has 0 radical (unpaired) electrons. The summed E-state index contributed by atoms with van der Waals surface area (Å²) in [6, 6.07) is 10.5. The third kappa shape index (κ3) is 5.62. The molecule has 0 saturated carbocycles. The van der Waals surface area contributed by atoms with Crippen LogP contribution in [0.5, 0.6) is 0 Å². The molecule has 6 heterocycles. The van der Waals surface area contributed by atoms with E-state index in [0.29, 0.717) is 62.9 Å². The van der Waals surface area contributed by atoms with E-state index < -0.39 is 74.3 Å². The number of fused-ring (bicyclic) bond motifs is 3. The molecule has 0 aliphatic heterocycles. The lowest BCUT2D eigenvalue weighted by Gasteiger charge is -2.05. The number of aromatic nitrogens is 5. The van der Waals surface area contributed by atoms with Crippen molar-refractivity contribution in [2.24, 2.45) is 0 Å². The fourth-order valence-electron chi connectivity index (χ4n) is 5.96. The number of thiophene rings is 1. The van der Waals surface area contributed by atoms with Crippen LogP contribution in [0.4, 0.5) is 43.9 Å². The molecule has 0 bridgehead atoms. The molecular formula is C37H9F10N5O2S4. The van der Waals surface area contributed by atoms with E-state index in [2.05, 4.69) is 24.9 Å². The van der Waals surface area contributed by atoms with Crippen LogP contribution in [0.25, 0.3) is 95.3 Å². The highest BCUT2D eigenvalue weighted by atomic mass is 32.1. The maximum atomic E-state index is 14.4. The van der Waals surface area contributed by atoms with E-state index in [-0.39, 0.29) is 16.8 Å². The van der Waals surface area contributed by atoms with Gasteiger partial charge in [0.15, 0.2) is 57.7 Å². The Morgan fingerprint density at radius 1 is 0.379 bits per heavy atom. The molecule has 0 aliphatic rings. The molecule has 10 aromatic rings. The summed E-state index contributed by atoms with van der Waals surface area (Å²) in [5.74, 6) is -20.3. The minimum Gasteiger partial charge on any atom is -0.435 e. The van der Waals surface area contributed by atoms with Gasteiger partial charge in [0.1, 0.15) is 30.9 Å². The number of rotatable bonds is 6. The van der Waals surface area contributed by atoms with Crippen molar-refractivity contribution in [2.45, 2.75) is 0 Å². The lowest BCUT2D eigenvalue weighted by molar-refractivity contribution is 0.381. The lowest BCUT2D eigenvalue weighted by Crippen LogP contribution is -2.03. The first-order chi connectivity index (χ1) is 27.8. The average Bonchev–Trinajstić information content (AvgIpc) is 4.07. The zero-order chi connectivity index (χ0) is 40.3. The molecular weight excluding hydrogens is 865 g/mol. The summed E-state index contributed by atoms with van der Waals surface area (Å²) >= 11 is 3.75. The topological polar surface area (TPSA) is 90.7 Å². The molecule has 0 saturated heterocycles. The third-order valence-corrected chi connectivity index (χ3v) is 13.2. The van der Waals surface area contributed by atoms with Crippen molar-refractivity contribution < 1.29 is 52.7 Å². The maximum Gasteiger partial charge on any atom is 0.239 e. The highest BCUT2D eigenvalue weighted by molar-refractivity contribution is 7.25. The highest BCUT2D eigenvalue weighted by Crippen LogP contribution is 2.43. The minimum atomic E-state index is -2.27. The molecule has 0 amide bonds. The van der Waals surface area contributed by atoms with Crippen LogP contribution in [0.3, 0.4) is 0 Å². The van der Waals surface area contributed by atoms with Gasteiger partial charge in [0.25, 0.3) is 0 Å². The van der Waals surface area contributed by atoms with Crippen molar-refractivity contribution in [3.63, 3.8) is 0 Å².